The lowest BCUT2D eigenvalue weighted by Crippen LogP contribution is -2.06. The van der Waals surface area contributed by atoms with Gasteiger partial charge in [-0.2, -0.15) is 4.98 Å². The molecule has 18 heavy (non-hydrogen) atoms. The maximum absolute atomic E-state index is 5.38. The van der Waals surface area contributed by atoms with Crippen LogP contribution in [0.5, 0.6) is 5.88 Å². The average molecular weight is 248 g/mol. The zero-order valence-electron chi connectivity index (χ0n) is 11.3. The van der Waals surface area contributed by atoms with Crippen molar-refractivity contribution in [1.29, 1.82) is 0 Å². The van der Waals surface area contributed by atoms with E-state index >= 15 is 0 Å². The molecule has 1 aliphatic carbocycles. The molecule has 3 heteroatoms. The van der Waals surface area contributed by atoms with Crippen molar-refractivity contribution in [1.82, 2.24) is 4.98 Å². The first-order chi connectivity index (χ1) is 8.88. The van der Waals surface area contributed by atoms with Gasteiger partial charge in [0, 0.05) is 12.6 Å². The van der Waals surface area contributed by atoms with E-state index in [2.05, 4.69) is 10.3 Å². The van der Waals surface area contributed by atoms with Gasteiger partial charge in [-0.25, -0.2) is 0 Å². The van der Waals surface area contributed by atoms with Crippen LogP contribution in [0.2, 0.25) is 0 Å². The average Bonchev–Trinajstić information content (AvgIpc) is 2.89. The largest absolute Gasteiger partial charge is 0.478 e. The highest BCUT2D eigenvalue weighted by Crippen LogP contribution is 2.28. The number of hydrogen-bond donors (Lipinski definition) is 1. The third-order valence-electron chi connectivity index (χ3n) is 3.59. The molecular weight excluding hydrogens is 224 g/mol. The molecular formula is C15H24N2O. The van der Waals surface area contributed by atoms with E-state index in [1.54, 1.807) is 0 Å². The number of rotatable bonds is 7. The molecule has 0 saturated heterocycles. The van der Waals surface area contributed by atoms with Gasteiger partial charge in [-0.05, 0) is 31.7 Å². The van der Waals surface area contributed by atoms with Crippen molar-refractivity contribution in [2.24, 2.45) is 5.92 Å². The standard InChI is InChI=1S/C15H24N2O/c1-2-18-15-11-5-10-14(17-15)16-12-6-9-13-7-3-4-8-13/h5,10-11,13H,2-4,6-9,12H2,1H3,(H,16,17). The Morgan fingerprint density at radius 3 is 2.94 bits per heavy atom. The summed E-state index contributed by atoms with van der Waals surface area (Å²) >= 11 is 0. The second kappa shape index (κ2) is 7.24. The molecule has 0 aliphatic heterocycles. The molecule has 1 N–H and O–H groups in total. The van der Waals surface area contributed by atoms with Crippen molar-refractivity contribution in [3.8, 4) is 5.88 Å². The summed E-state index contributed by atoms with van der Waals surface area (Å²) in [5, 5.41) is 3.38. The molecule has 2 rings (SSSR count). The van der Waals surface area contributed by atoms with E-state index in [1.807, 2.05) is 25.1 Å². The van der Waals surface area contributed by atoms with Gasteiger partial charge in [0.05, 0.1) is 6.61 Å². The summed E-state index contributed by atoms with van der Waals surface area (Å²) in [5.41, 5.74) is 0. The molecule has 0 amide bonds. The fourth-order valence-corrected chi connectivity index (χ4v) is 2.65. The molecule has 1 fully saturated rings. The second-order valence-corrected chi connectivity index (χ2v) is 5.01. The Labute approximate surface area is 110 Å². The molecule has 0 aromatic carbocycles. The highest BCUT2D eigenvalue weighted by atomic mass is 16.5. The minimum Gasteiger partial charge on any atom is -0.478 e. The quantitative estimate of drug-likeness (QED) is 0.744. The van der Waals surface area contributed by atoms with Crippen molar-refractivity contribution in [3.05, 3.63) is 18.2 Å². The fraction of sp³-hybridized carbons (Fsp3) is 0.667. The second-order valence-electron chi connectivity index (χ2n) is 5.01. The van der Waals surface area contributed by atoms with Gasteiger partial charge in [-0.1, -0.05) is 31.7 Å². The third kappa shape index (κ3) is 4.21. The van der Waals surface area contributed by atoms with Crippen molar-refractivity contribution < 1.29 is 4.74 Å². The third-order valence-corrected chi connectivity index (χ3v) is 3.59. The van der Waals surface area contributed by atoms with Gasteiger partial charge in [-0.3, -0.25) is 0 Å². The van der Waals surface area contributed by atoms with Gasteiger partial charge < -0.3 is 10.1 Å². The zero-order valence-corrected chi connectivity index (χ0v) is 11.3. The summed E-state index contributed by atoms with van der Waals surface area (Å²) in [7, 11) is 0. The molecule has 1 heterocycles. The molecule has 1 aromatic rings. The lowest BCUT2D eigenvalue weighted by Gasteiger charge is -2.10. The van der Waals surface area contributed by atoms with Gasteiger partial charge >= 0.3 is 0 Å². The maximum Gasteiger partial charge on any atom is 0.215 e. The molecule has 1 aliphatic rings. The monoisotopic (exact) mass is 248 g/mol. The lowest BCUT2D eigenvalue weighted by atomic mass is 10.0. The van der Waals surface area contributed by atoms with Crippen LogP contribution in [0.4, 0.5) is 5.82 Å². The van der Waals surface area contributed by atoms with Crippen molar-refractivity contribution in [2.75, 3.05) is 18.5 Å². The lowest BCUT2D eigenvalue weighted by molar-refractivity contribution is 0.327. The molecule has 1 saturated carbocycles. The Hall–Kier alpha value is -1.25. The normalized spacial score (nSPS) is 15.8. The first kappa shape index (κ1) is 13.2. The summed E-state index contributed by atoms with van der Waals surface area (Å²) < 4.78 is 5.38. The van der Waals surface area contributed by atoms with E-state index in [-0.39, 0.29) is 0 Å². The minimum atomic E-state index is 0.665. The topological polar surface area (TPSA) is 34.1 Å². The summed E-state index contributed by atoms with van der Waals surface area (Å²) in [5.74, 6) is 2.61. The number of ether oxygens (including phenoxy) is 1. The van der Waals surface area contributed by atoms with E-state index in [1.165, 1.54) is 38.5 Å². The highest BCUT2D eigenvalue weighted by molar-refractivity contribution is 5.36. The number of pyridine rings is 1. The van der Waals surface area contributed by atoms with E-state index in [0.29, 0.717) is 12.5 Å². The molecule has 0 atom stereocenters. The Bertz CT molecular complexity index is 348. The highest BCUT2D eigenvalue weighted by Gasteiger charge is 2.13. The van der Waals surface area contributed by atoms with Crippen molar-refractivity contribution in [3.63, 3.8) is 0 Å². The summed E-state index contributed by atoms with van der Waals surface area (Å²) in [6, 6.07) is 5.88. The predicted molar refractivity (Wildman–Crippen MR) is 75.1 cm³/mol. The van der Waals surface area contributed by atoms with Gasteiger partial charge in [0.15, 0.2) is 0 Å². The Morgan fingerprint density at radius 1 is 1.33 bits per heavy atom. The molecule has 0 radical (unpaired) electrons. The zero-order chi connectivity index (χ0) is 12.6. The van der Waals surface area contributed by atoms with Crippen LogP contribution >= 0.6 is 0 Å². The number of hydrogen-bond acceptors (Lipinski definition) is 3. The first-order valence-electron chi connectivity index (χ1n) is 7.22. The molecule has 100 valence electrons. The first-order valence-corrected chi connectivity index (χ1v) is 7.22. The molecule has 1 aromatic heterocycles. The van der Waals surface area contributed by atoms with Crippen LogP contribution in [0, 0.1) is 5.92 Å². The Morgan fingerprint density at radius 2 is 2.17 bits per heavy atom. The van der Waals surface area contributed by atoms with Gasteiger partial charge in [0.2, 0.25) is 5.88 Å². The van der Waals surface area contributed by atoms with Gasteiger partial charge in [0.25, 0.3) is 0 Å². The predicted octanol–water partition coefficient (Wildman–Crippen LogP) is 3.86. The van der Waals surface area contributed by atoms with Crippen LogP contribution in [0.1, 0.15) is 45.4 Å². The molecule has 0 spiro atoms. The van der Waals surface area contributed by atoms with Crippen LogP contribution in [-0.2, 0) is 0 Å². The van der Waals surface area contributed by atoms with Crippen LogP contribution in [0.3, 0.4) is 0 Å². The smallest absolute Gasteiger partial charge is 0.215 e. The van der Waals surface area contributed by atoms with E-state index < -0.39 is 0 Å². The number of nitrogens with zero attached hydrogens (tertiary/aromatic N) is 1. The van der Waals surface area contributed by atoms with Crippen molar-refractivity contribution >= 4 is 5.82 Å². The van der Waals surface area contributed by atoms with Crippen molar-refractivity contribution in [2.45, 2.75) is 45.4 Å². The maximum atomic E-state index is 5.38. The number of nitrogens with one attached hydrogen (secondary N) is 1. The van der Waals surface area contributed by atoms with Crippen LogP contribution in [-0.4, -0.2) is 18.1 Å². The SMILES string of the molecule is CCOc1cccc(NCCCC2CCCC2)n1. The summed E-state index contributed by atoms with van der Waals surface area (Å²) in [6.45, 7) is 3.65. The minimum absolute atomic E-state index is 0.665. The van der Waals surface area contributed by atoms with E-state index in [0.717, 1.165) is 18.3 Å². The summed E-state index contributed by atoms with van der Waals surface area (Å²) in [4.78, 5) is 4.40. The molecule has 0 bridgehead atoms. The summed E-state index contributed by atoms with van der Waals surface area (Å²) in [6.07, 6.45) is 8.37. The number of anilines is 1. The Kier molecular flexibility index (Phi) is 5.31. The fourth-order valence-electron chi connectivity index (χ4n) is 2.65. The number of aromatic nitrogens is 1. The van der Waals surface area contributed by atoms with E-state index in [9.17, 15) is 0 Å². The van der Waals surface area contributed by atoms with Crippen LogP contribution in [0.15, 0.2) is 18.2 Å². The van der Waals surface area contributed by atoms with Crippen LogP contribution in [0.25, 0.3) is 0 Å². The van der Waals surface area contributed by atoms with Gasteiger partial charge in [0.1, 0.15) is 5.82 Å². The Balaban J connectivity index is 1.67. The van der Waals surface area contributed by atoms with Gasteiger partial charge in [-0.15, -0.1) is 0 Å². The molecule has 3 nitrogen and oxygen atoms in total. The van der Waals surface area contributed by atoms with E-state index in [4.69, 9.17) is 4.74 Å². The molecule has 0 unspecified atom stereocenters. The van der Waals surface area contributed by atoms with Crippen LogP contribution < -0.4 is 10.1 Å².